The minimum absolute atomic E-state index is 0.308. The predicted molar refractivity (Wildman–Crippen MR) is 75.6 cm³/mol. The average Bonchev–Trinajstić information content (AvgIpc) is 2.72. The fourth-order valence-corrected chi connectivity index (χ4v) is 2.04. The van der Waals surface area contributed by atoms with Gasteiger partial charge in [0.1, 0.15) is 0 Å². The topological polar surface area (TPSA) is 64.0 Å². The molecule has 2 aromatic rings. The summed E-state index contributed by atoms with van der Waals surface area (Å²) in [6, 6.07) is 9.78. The number of hydrogen-bond donors (Lipinski definition) is 1. The molecule has 1 aromatic carbocycles. The van der Waals surface area contributed by atoms with Crippen molar-refractivity contribution in [1.82, 2.24) is 15.1 Å². The van der Waals surface area contributed by atoms with E-state index in [2.05, 4.69) is 10.4 Å². The number of carbonyl (C=O) groups excluding carboxylic acids is 2. The van der Waals surface area contributed by atoms with Gasteiger partial charge in [-0.3, -0.25) is 9.59 Å². The van der Waals surface area contributed by atoms with Crippen LogP contribution < -0.4 is 5.32 Å². The Labute approximate surface area is 117 Å². The Morgan fingerprint density at radius 2 is 1.85 bits per heavy atom. The van der Waals surface area contributed by atoms with Crippen LogP contribution in [0.3, 0.4) is 0 Å². The summed E-state index contributed by atoms with van der Waals surface area (Å²) in [6.45, 7) is 5.40. The zero-order valence-corrected chi connectivity index (χ0v) is 11.8. The van der Waals surface area contributed by atoms with Gasteiger partial charge in [-0.2, -0.15) is 5.10 Å². The lowest BCUT2D eigenvalue weighted by Gasteiger charge is -2.06. The number of Topliss-reactive ketones (excluding diaryl/α,β-unsaturated/α-hetero) is 1. The summed E-state index contributed by atoms with van der Waals surface area (Å²) in [4.78, 5) is 22.3. The summed E-state index contributed by atoms with van der Waals surface area (Å²) in [6.07, 6.45) is 0. The summed E-state index contributed by atoms with van der Waals surface area (Å²) in [5.41, 5.74) is 3.70. The van der Waals surface area contributed by atoms with Crippen molar-refractivity contribution in [2.45, 2.75) is 27.3 Å². The molecule has 1 heterocycles. The van der Waals surface area contributed by atoms with Gasteiger partial charge in [0.05, 0.1) is 11.4 Å². The highest BCUT2D eigenvalue weighted by Crippen LogP contribution is 2.17. The first-order valence-corrected chi connectivity index (χ1v) is 6.40. The first-order valence-electron chi connectivity index (χ1n) is 6.40. The van der Waals surface area contributed by atoms with E-state index in [1.54, 1.807) is 0 Å². The van der Waals surface area contributed by atoms with Crippen molar-refractivity contribution >= 4 is 11.7 Å². The minimum atomic E-state index is -0.573. The maximum absolute atomic E-state index is 11.3. The van der Waals surface area contributed by atoms with Gasteiger partial charge < -0.3 is 5.32 Å². The predicted octanol–water partition coefficient (Wildman–Crippen LogP) is 1.69. The van der Waals surface area contributed by atoms with Crippen molar-refractivity contribution in [3.63, 3.8) is 0 Å². The van der Waals surface area contributed by atoms with Crippen LogP contribution in [0.4, 0.5) is 0 Å². The summed E-state index contributed by atoms with van der Waals surface area (Å²) in [5.74, 6) is -1.06. The first-order chi connectivity index (χ1) is 9.50. The molecule has 0 atom stereocenters. The van der Waals surface area contributed by atoms with Crippen LogP contribution in [0, 0.1) is 13.8 Å². The van der Waals surface area contributed by atoms with Gasteiger partial charge in [0.15, 0.2) is 0 Å². The lowest BCUT2D eigenvalue weighted by atomic mass is 10.2. The normalized spacial score (nSPS) is 10.3. The molecule has 0 unspecified atom stereocenters. The molecule has 0 aliphatic heterocycles. The van der Waals surface area contributed by atoms with E-state index >= 15 is 0 Å². The number of amides is 1. The Hall–Kier alpha value is -2.43. The second-order valence-corrected chi connectivity index (χ2v) is 4.64. The Balaban J connectivity index is 2.26. The van der Waals surface area contributed by atoms with E-state index in [0.717, 1.165) is 22.6 Å². The van der Waals surface area contributed by atoms with Crippen LogP contribution in [-0.2, 0) is 16.1 Å². The van der Waals surface area contributed by atoms with Crippen molar-refractivity contribution in [1.29, 1.82) is 0 Å². The number of carbonyl (C=O) groups is 2. The standard InChI is InChI=1S/C15H17N3O2/c1-10-14(9-16-15(20)12(3)19)11(2)18(17-10)13-7-5-4-6-8-13/h4-8H,9H2,1-3H3,(H,16,20). The SMILES string of the molecule is CC(=O)C(=O)NCc1c(C)nn(-c2ccccc2)c1C. The molecule has 5 heteroatoms. The van der Waals surface area contributed by atoms with Crippen LogP contribution in [-0.4, -0.2) is 21.5 Å². The quantitative estimate of drug-likeness (QED) is 0.861. The highest BCUT2D eigenvalue weighted by Gasteiger charge is 2.14. The van der Waals surface area contributed by atoms with Gasteiger partial charge in [0.2, 0.25) is 5.78 Å². The van der Waals surface area contributed by atoms with Crippen molar-refractivity contribution in [2.75, 3.05) is 0 Å². The molecule has 2 rings (SSSR count). The zero-order valence-electron chi connectivity index (χ0n) is 11.8. The van der Waals surface area contributed by atoms with Crippen molar-refractivity contribution < 1.29 is 9.59 Å². The maximum atomic E-state index is 11.3. The molecule has 1 amide bonds. The van der Waals surface area contributed by atoms with E-state index in [-0.39, 0.29) is 0 Å². The second-order valence-electron chi connectivity index (χ2n) is 4.64. The fourth-order valence-electron chi connectivity index (χ4n) is 2.04. The molecule has 0 radical (unpaired) electrons. The summed E-state index contributed by atoms with van der Waals surface area (Å²) >= 11 is 0. The number of rotatable bonds is 4. The second kappa shape index (κ2) is 5.69. The third-order valence-corrected chi connectivity index (χ3v) is 3.19. The fraction of sp³-hybridized carbons (Fsp3) is 0.267. The van der Waals surface area contributed by atoms with Crippen LogP contribution in [0.2, 0.25) is 0 Å². The Morgan fingerprint density at radius 3 is 2.45 bits per heavy atom. The molecule has 104 valence electrons. The lowest BCUT2D eigenvalue weighted by molar-refractivity contribution is -0.136. The highest BCUT2D eigenvalue weighted by molar-refractivity contribution is 6.35. The maximum Gasteiger partial charge on any atom is 0.287 e. The number of nitrogens with zero attached hydrogens (tertiary/aromatic N) is 2. The molecular weight excluding hydrogens is 254 g/mol. The third kappa shape index (κ3) is 2.77. The van der Waals surface area contributed by atoms with Crippen LogP contribution in [0.15, 0.2) is 30.3 Å². The number of nitrogens with one attached hydrogen (secondary N) is 1. The number of para-hydroxylation sites is 1. The Morgan fingerprint density at radius 1 is 1.20 bits per heavy atom. The summed E-state index contributed by atoms with van der Waals surface area (Å²) in [5, 5.41) is 7.09. The third-order valence-electron chi connectivity index (χ3n) is 3.19. The van der Waals surface area contributed by atoms with Crippen LogP contribution in [0.25, 0.3) is 5.69 Å². The Kier molecular flexibility index (Phi) is 3.98. The van der Waals surface area contributed by atoms with E-state index < -0.39 is 11.7 Å². The van der Waals surface area contributed by atoms with Crippen LogP contribution in [0.5, 0.6) is 0 Å². The van der Waals surface area contributed by atoms with Gasteiger partial charge in [-0.1, -0.05) is 18.2 Å². The number of ketones is 1. The van der Waals surface area contributed by atoms with Crippen LogP contribution >= 0.6 is 0 Å². The zero-order chi connectivity index (χ0) is 14.7. The van der Waals surface area contributed by atoms with E-state index in [0.29, 0.717) is 6.54 Å². The van der Waals surface area contributed by atoms with E-state index in [9.17, 15) is 9.59 Å². The smallest absolute Gasteiger partial charge is 0.287 e. The first kappa shape index (κ1) is 14.0. The molecule has 0 saturated carbocycles. The number of aryl methyl sites for hydroxylation is 1. The molecule has 1 N–H and O–H groups in total. The van der Waals surface area contributed by atoms with Crippen molar-refractivity contribution in [2.24, 2.45) is 0 Å². The van der Waals surface area contributed by atoms with Crippen LogP contribution in [0.1, 0.15) is 23.9 Å². The van der Waals surface area contributed by atoms with Crippen molar-refractivity contribution in [3.8, 4) is 5.69 Å². The van der Waals surface area contributed by atoms with Gasteiger partial charge >= 0.3 is 0 Å². The molecule has 5 nitrogen and oxygen atoms in total. The summed E-state index contributed by atoms with van der Waals surface area (Å²) < 4.78 is 1.84. The molecule has 0 fully saturated rings. The molecule has 0 saturated heterocycles. The lowest BCUT2D eigenvalue weighted by Crippen LogP contribution is -2.29. The molecule has 1 aromatic heterocycles. The van der Waals surface area contributed by atoms with Gasteiger partial charge in [0, 0.05) is 24.7 Å². The highest BCUT2D eigenvalue weighted by atomic mass is 16.2. The van der Waals surface area contributed by atoms with E-state index in [4.69, 9.17) is 0 Å². The Bertz CT molecular complexity index is 645. The van der Waals surface area contributed by atoms with Gasteiger partial charge in [-0.05, 0) is 26.0 Å². The molecule has 0 bridgehead atoms. The molecule has 0 aliphatic carbocycles. The summed E-state index contributed by atoms with van der Waals surface area (Å²) in [7, 11) is 0. The van der Waals surface area contributed by atoms with E-state index in [1.165, 1.54) is 6.92 Å². The van der Waals surface area contributed by atoms with E-state index in [1.807, 2.05) is 48.9 Å². The molecule has 0 spiro atoms. The molecular formula is C15H17N3O2. The average molecular weight is 271 g/mol. The van der Waals surface area contributed by atoms with Gasteiger partial charge in [0.25, 0.3) is 5.91 Å². The number of aromatic nitrogens is 2. The van der Waals surface area contributed by atoms with Gasteiger partial charge in [-0.25, -0.2) is 4.68 Å². The van der Waals surface area contributed by atoms with Gasteiger partial charge in [-0.15, -0.1) is 0 Å². The molecule has 0 aliphatic rings. The minimum Gasteiger partial charge on any atom is -0.345 e. The number of benzene rings is 1. The monoisotopic (exact) mass is 271 g/mol. The molecule has 20 heavy (non-hydrogen) atoms. The largest absolute Gasteiger partial charge is 0.345 e. The van der Waals surface area contributed by atoms with Crippen molar-refractivity contribution in [3.05, 3.63) is 47.3 Å². The number of hydrogen-bond acceptors (Lipinski definition) is 3.